The highest BCUT2D eigenvalue weighted by molar-refractivity contribution is 5.82. The molecule has 1 N–H and O–H groups in total. The average Bonchev–Trinajstić information content (AvgIpc) is 2.79. The van der Waals surface area contributed by atoms with Gasteiger partial charge >= 0.3 is 5.97 Å². The second-order valence-electron chi connectivity index (χ2n) is 4.07. The predicted octanol–water partition coefficient (Wildman–Crippen LogP) is -0.168. The Morgan fingerprint density at radius 3 is 3.00 bits per heavy atom. The van der Waals surface area contributed by atoms with Gasteiger partial charge in [0.15, 0.2) is 0 Å². The second-order valence-corrected chi connectivity index (χ2v) is 4.07. The molecular weight excluding hydrogens is 250 g/mol. The van der Waals surface area contributed by atoms with Gasteiger partial charge in [-0.2, -0.15) is 14.6 Å². The van der Waals surface area contributed by atoms with Crippen molar-refractivity contribution in [2.75, 3.05) is 0 Å². The van der Waals surface area contributed by atoms with Crippen LogP contribution in [0.4, 0.5) is 0 Å². The molecule has 0 bridgehead atoms. The Labute approximate surface area is 106 Å². The van der Waals surface area contributed by atoms with E-state index in [4.69, 9.17) is 5.11 Å². The maximum atomic E-state index is 12.2. The van der Waals surface area contributed by atoms with Crippen molar-refractivity contribution in [1.82, 2.24) is 24.1 Å². The van der Waals surface area contributed by atoms with Gasteiger partial charge < -0.3 is 9.67 Å². The zero-order valence-electron chi connectivity index (χ0n) is 9.94. The maximum Gasteiger partial charge on any atom is 0.323 e. The van der Waals surface area contributed by atoms with Crippen LogP contribution in [0.3, 0.4) is 0 Å². The molecule has 0 fully saturated rings. The quantitative estimate of drug-likeness (QED) is 0.685. The summed E-state index contributed by atoms with van der Waals surface area (Å²) in [5, 5.41) is 13.1. The smallest absolute Gasteiger partial charge is 0.323 e. The molecule has 96 valence electrons. The third-order valence-corrected chi connectivity index (χ3v) is 2.84. The largest absolute Gasteiger partial charge is 0.480 e. The Morgan fingerprint density at radius 2 is 2.26 bits per heavy atom. The van der Waals surface area contributed by atoms with Crippen molar-refractivity contribution in [1.29, 1.82) is 0 Å². The normalized spacial score (nSPS) is 11.2. The van der Waals surface area contributed by atoms with Gasteiger partial charge in [-0.1, -0.05) is 0 Å². The fourth-order valence-corrected chi connectivity index (χ4v) is 2.04. The number of hydrogen-bond acceptors (Lipinski definition) is 5. The lowest BCUT2D eigenvalue weighted by Crippen LogP contribution is -2.24. The fourth-order valence-electron chi connectivity index (χ4n) is 2.04. The van der Waals surface area contributed by atoms with Crippen LogP contribution in [0.15, 0.2) is 23.4 Å². The number of hydrogen-bond donors (Lipinski definition) is 1. The number of carboxylic acids is 1. The van der Waals surface area contributed by atoms with E-state index in [2.05, 4.69) is 15.1 Å². The minimum atomic E-state index is -1.08. The first kappa shape index (κ1) is 11.3. The van der Waals surface area contributed by atoms with Crippen LogP contribution in [-0.2, 0) is 11.3 Å². The summed E-state index contributed by atoms with van der Waals surface area (Å²) >= 11 is 0. The zero-order valence-corrected chi connectivity index (χ0v) is 9.94. The summed E-state index contributed by atoms with van der Waals surface area (Å²) < 4.78 is 2.58. The lowest BCUT2D eigenvalue weighted by Gasteiger charge is -2.07. The van der Waals surface area contributed by atoms with Crippen LogP contribution in [0.25, 0.3) is 16.7 Å². The van der Waals surface area contributed by atoms with Crippen molar-refractivity contribution in [3.8, 4) is 0 Å². The number of carbonyl (C=O) groups is 1. The number of aliphatic carboxylic acids is 1. The van der Waals surface area contributed by atoms with E-state index in [1.807, 2.05) is 0 Å². The third kappa shape index (κ3) is 1.65. The molecule has 0 saturated heterocycles. The number of fused-ring (bicyclic) bond motifs is 3. The second kappa shape index (κ2) is 3.87. The summed E-state index contributed by atoms with van der Waals surface area (Å²) in [4.78, 5) is 31.1. The fraction of sp³-hybridized carbons (Fsp3) is 0.182. The van der Waals surface area contributed by atoms with Crippen molar-refractivity contribution in [3.63, 3.8) is 0 Å². The van der Waals surface area contributed by atoms with Crippen LogP contribution in [0.1, 0.15) is 5.69 Å². The predicted molar refractivity (Wildman–Crippen MR) is 64.9 cm³/mol. The third-order valence-electron chi connectivity index (χ3n) is 2.84. The van der Waals surface area contributed by atoms with Crippen molar-refractivity contribution in [2.24, 2.45) is 0 Å². The first-order valence-electron chi connectivity index (χ1n) is 5.49. The van der Waals surface area contributed by atoms with Gasteiger partial charge in [0.1, 0.15) is 12.9 Å². The Hall–Kier alpha value is -2.77. The van der Waals surface area contributed by atoms with Crippen LogP contribution in [0, 0.1) is 6.92 Å². The van der Waals surface area contributed by atoms with Gasteiger partial charge in [-0.15, -0.1) is 0 Å². The Morgan fingerprint density at radius 1 is 1.47 bits per heavy atom. The summed E-state index contributed by atoms with van der Waals surface area (Å²) in [6.07, 6.45) is 2.78. The molecule has 0 aliphatic heterocycles. The van der Waals surface area contributed by atoms with E-state index in [9.17, 15) is 9.59 Å². The highest BCUT2D eigenvalue weighted by Gasteiger charge is 2.13. The molecule has 0 aromatic carbocycles. The summed E-state index contributed by atoms with van der Waals surface area (Å²) in [7, 11) is 0. The van der Waals surface area contributed by atoms with E-state index in [0.717, 1.165) is 4.57 Å². The van der Waals surface area contributed by atoms with Crippen molar-refractivity contribution in [2.45, 2.75) is 13.5 Å². The van der Waals surface area contributed by atoms with Crippen molar-refractivity contribution < 1.29 is 9.90 Å². The van der Waals surface area contributed by atoms with Gasteiger partial charge in [0, 0.05) is 6.20 Å². The number of nitrogens with zero attached hydrogens (tertiary/aromatic N) is 5. The topological polar surface area (TPSA) is 102 Å². The number of pyridine rings is 1. The van der Waals surface area contributed by atoms with Gasteiger partial charge in [-0.25, -0.2) is 4.98 Å². The van der Waals surface area contributed by atoms with E-state index in [1.165, 1.54) is 17.0 Å². The Kier molecular flexibility index (Phi) is 2.31. The molecular formula is C11H9N5O3. The van der Waals surface area contributed by atoms with E-state index in [0.29, 0.717) is 22.4 Å². The molecule has 8 nitrogen and oxygen atoms in total. The first-order valence-corrected chi connectivity index (χ1v) is 5.49. The summed E-state index contributed by atoms with van der Waals surface area (Å²) in [6, 6.07) is 1.63. The van der Waals surface area contributed by atoms with E-state index >= 15 is 0 Å². The molecule has 8 heteroatoms. The minimum absolute atomic E-state index is 0.349. The molecule has 3 rings (SSSR count). The molecule has 0 aliphatic carbocycles. The molecule has 0 unspecified atom stereocenters. The van der Waals surface area contributed by atoms with Crippen LogP contribution < -0.4 is 5.56 Å². The molecule has 0 saturated carbocycles. The molecule has 3 heterocycles. The van der Waals surface area contributed by atoms with Gasteiger partial charge in [-0.05, 0) is 13.0 Å². The van der Waals surface area contributed by atoms with Crippen LogP contribution in [-0.4, -0.2) is 35.2 Å². The Bertz CT molecular complexity index is 864. The summed E-state index contributed by atoms with van der Waals surface area (Å²) in [5.74, 6) is -0.672. The highest BCUT2D eigenvalue weighted by atomic mass is 16.4. The van der Waals surface area contributed by atoms with Gasteiger partial charge in [0.25, 0.3) is 11.3 Å². The molecule has 0 amide bonds. The molecule has 0 aliphatic rings. The molecule has 0 radical (unpaired) electrons. The number of carboxylic acid groups (broad SMARTS) is 1. The van der Waals surface area contributed by atoms with Gasteiger partial charge in [0.05, 0.1) is 16.6 Å². The lowest BCUT2D eigenvalue weighted by atomic mass is 10.2. The minimum Gasteiger partial charge on any atom is -0.480 e. The monoisotopic (exact) mass is 259 g/mol. The van der Waals surface area contributed by atoms with Crippen molar-refractivity contribution >= 4 is 22.6 Å². The number of aromatic nitrogens is 5. The molecule has 0 atom stereocenters. The first-order chi connectivity index (χ1) is 9.08. The zero-order chi connectivity index (χ0) is 13.6. The lowest BCUT2D eigenvalue weighted by molar-refractivity contribution is -0.137. The van der Waals surface area contributed by atoms with E-state index < -0.39 is 11.5 Å². The average molecular weight is 259 g/mol. The van der Waals surface area contributed by atoms with Crippen LogP contribution in [0.5, 0.6) is 0 Å². The summed E-state index contributed by atoms with van der Waals surface area (Å²) in [6.45, 7) is 1.30. The molecule has 3 aromatic heterocycles. The number of rotatable bonds is 2. The maximum absolute atomic E-state index is 12.2. The Balaban J connectivity index is 2.43. The van der Waals surface area contributed by atoms with Crippen LogP contribution >= 0.6 is 0 Å². The van der Waals surface area contributed by atoms with E-state index in [1.54, 1.807) is 13.0 Å². The van der Waals surface area contributed by atoms with Gasteiger partial charge in [0.2, 0.25) is 0 Å². The van der Waals surface area contributed by atoms with Crippen LogP contribution in [0.2, 0.25) is 0 Å². The molecule has 3 aromatic rings. The van der Waals surface area contributed by atoms with E-state index in [-0.39, 0.29) is 6.54 Å². The number of aryl methyl sites for hydroxylation is 1. The highest BCUT2D eigenvalue weighted by Crippen LogP contribution is 2.13. The molecule has 19 heavy (non-hydrogen) atoms. The summed E-state index contributed by atoms with van der Waals surface area (Å²) in [5.41, 5.74) is 0.661. The molecule has 0 spiro atoms. The SMILES string of the molecule is Cc1nc2ncnn2c2ccn(CC(=O)O)c(=O)c12. The van der Waals surface area contributed by atoms with Gasteiger partial charge in [-0.3, -0.25) is 9.59 Å². The standard InChI is InChI=1S/C11H9N5O3/c1-6-9-7(16-11(14-6)12-5-13-16)2-3-15(10(9)19)4-8(17)18/h2-3,5H,4H2,1H3,(H,17,18). The van der Waals surface area contributed by atoms with Crippen molar-refractivity contribution in [3.05, 3.63) is 34.6 Å².